The molecule has 1 spiro atoms. The van der Waals surface area contributed by atoms with Crippen molar-refractivity contribution in [1.82, 2.24) is 5.32 Å². The van der Waals surface area contributed by atoms with Crippen LogP contribution in [-0.2, 0) is 19.1 Å². The molecule has 33 heavy (non-hydrogen) atoms. The maximum Gasteiger partial charge on any atom is 0.306 e. The molecule has 1 unspecified atom stereocenters. The smallest absolute Gasteiger partial charge is 0.306 e. The third kappa shape index (κ3) is 4.21. The van der Waals surface area contributed by atoms with E-state index in [4.69, 9.17) is 16.3 Å². The molecule has 2 heterocycles. The molecule has 5 rings (SSSR count). The van der Waals surface area contributed by atoms with Crippen LogP contribution in [0.15, 0.2) is 12.1 Å². The zero-order valence-electron chi connectivity index (χ0n) is 18.6. The van der Waals surface area contributed by atoms with Gasteiger partial charge in [0, 0.05) is 25.4 Å². The summed E-state index contributed by atoms with van der Waals surface area (Å²) in [5, 5.41) is 12.3. The number of nitrogens with zero attached hydrogens (tertiary/aromatic N) is 2. The van der Waals surface area contributed by atoms with Crippen LogP contribution in [0.1, 0.15) is 68.4 Å². The monoisotopic (exact) mass is 469 g/mol. The highest BCUT2D eigenvalue weighted by molar-refractivity contribution is 6.33. The SMILES string of the molecule is N#Cc1c(N2CC(CC(=O)OCC3CC4(CCC4)C3)C2)ccc(C2CCC(=O)NC2=O)c1Cl. The van der Waals surface area contributed by atoms with Crippen molar-refractivity contribution >= 4 is 35.1 Å². The normalized spacial score (nSPS) is 24.4. The van der Waals surface area contributed by atoms with E-state index in [1.165, 1.54) is 32.1 Å². The molecule has 1 aromatic carbocycles. The van der Waals surface area contributed by atoms with Gasteiger partial charge in [-0.2, -0.15) is 5.26 Å². The van der Waals surface area contributed by atoms with Gasteiger partial charge in [0.25, 0.3) is 0 Å². The number of halogens is 1. The molecule has 2 saturated carbocycles. The van der Waals surface area contributed by atoms with E-state index in [1.54, 1.807) is 6.07 Å². The fourth-order valence-corrected chi connectivity index (χ4v) is 6.31. The second-order valence-electron chi connectivity index (χ2n) is 10.3. The number of ether oxygens (including phenoxy) is 1. The molecule has 4 fully saturated rings. The maximum atomic E-state index is 12.3. The van der Waals surface area contributed by atoms with Crippen molar-refractivity contribution in [2.75, 3.05) is 24.6 Å². The molecule has 174 valence electrons. The Labute approximate surface area is 198 Å². The lowest BCUT2D eigenvalue weighted by atomic mass is 9.52. The van der Waals surface area contributed by atoms with E-state index in [0.717, 1.165) is 0 Å². The van der Waals surface area contributed by atoms with Gasteiger partial charge in [-0.05, 0) is 55.1 Å². The largest absolute Gasteiger partial charge is 0.465 e. The number of anilines is 1. The second-order valence-corrected chi connectivity index (χ2v) is 10.6. The number of rotatable bonds is 6. The second kappa shape index (κ2) is 8.64. The topological polar surface area (TPSA) is 99.5 Å². The predicted molar refractivity (Wildman–Crippen MR) is 122 cm³/mol. The standard InChI is InChI=1S/C25H28ClN3O4/c26-23-17(18-3-5-21(30)28-24(18)32)2-4-20(19(23)11-27)29-12-15(13-29)8-22(31)33-14-16-9-25(10-16)6-1-7-25/h2,4,15-16,18H,1,3,5-10,12-14H2,(H,28,30,32). The minimum atomic E-state index is -0.537. The average molecular weight is 470 g/mol. The van der Waals surface area contributed by atoms with Crippen LogP contribution in [0.3, 0.4) is 0 Å². The first-order chi connectivity index (χ1) is 15.9. The number of amides is 2. The van der Waals surface area contributed by atoms with Gasteiger partial charge in [0.1, 0.15) is 6.07 Å². The number of carbonyl (C=O) groups is 3. The molecule has 1 aromatic rings. The summed E-state index contributed by atoms with van der Waals surface area (Å²) >= 11 is 6.53. The van der Waals surface area contributed by atoms with E-state index < -0.39 is 5.92 Å². The molecule has 7 nitrogen and oxygen atoms in total. The van der Waals surface area contributed by atoms with Crippen LogP contribution in [0, 0.1) is 28.6 Å². The van der Waals surface area contributed by atoms with Gasteiger partial charge in [-0.25, -0.2) is 0 Å². The van der Waals surface area contributed by atoms with Gasteiger partial charge in [0.05, 0.1) is 35.2 Å². The molecule has 0 aromatic heterocycles. The number of nitrogens with one attached hydrogen (secondary N) is 1. The molecule has 2 aliphatic carbocycles. The lowest BCUT2D eigenvalue weighted by Gasteiger charge is -2.54. The highest BCUT2D eigenvalue weighted by Gasteiger charge is 2.48. The van der Waals surface area contributed by atoms with Crippen molar-refractivity contribution in [2.45, 2.75) is 57.3 Å². The molecular weight excluding hydrogens is 442 g/mol. The first kappa shape index (κ1) is 22.2. The summed E-state index contributed by atoms with van der Waals surface area (Å²) in [6, 6.07) is 5.75. The first-order valence-corrected chi connectivity index (χ1v) is 12.2. The summed E-state index contributed by atoms with van der Waals surface area (Å²) in [5.74, 6) is -0.611. The van der Waals surface area contributed by atoms with Crippen LogP contribution in [0.5, 0.6) is 0 Å². The highest BCUT2D eigenvalue weighted by Crippen LogP contribution is 2.58. The van der Waals surface area contributed by atoms with E-state index in [1.807, 2.05) is 11.0 Å². The van der Waals surface area contributed by atoms with Crippen LogP contribution in [0.25, 0.3) is 0 Å². The van der Waals surface area contributed by atoms with Crippen molar-refractivity contribution in [1.29, 1.82) is 5.26 Å². The molecule has 2 amide bonds. The van der Waals surface area contributed by atoms with Gasteiger partial charge in [-0.15, -0.1) is 0 Å². The van der Waals surface area contributed by atoms with E-state index in [-0.39, 0.29) is 35.1 Å². The summed E-state index contributed by atoms with van der Waals surface area (Å²) in [6.45, 7) is 1.86. The third-order valence-electron chi connectivity index (χ3n) is 7.97. The number of benzene rings is 1. The molecule has 2 aliphatic heterocycles. The van der Waals surface area contributed by atoms with Crippen molar-refractivity contribution in [3.05, 3.63) is 28.3 Å². The Morgan fingerprint density at radius 1 is 1.24 bits per heavy atom. The van der Waals surface area contributed by atoms with E-state index in [2.05, 4.69) is 11.4 Å². The van der Waals surface area contributed by atoms with E-state index in [9.17, 15) is 19.6 Å². The predicted octanol–water partition coefficient (Wildman–Crippen LogP) is 3.68. The van der Waals surface area contributed by atoms with Crippen LogP contribution in [-0.4, -0.2) is 37.5 Å². The van der Waals surface area contributed by atoms with Gasteiger partial charge >= 0.3 is 5.97 Å². The van der Waals surface area contributed by atoms with E-state index >= 15 is 0 Å². The number of esters is 1. The Hall–Kier alpha value is -2.59. The maximum absolute atomic E-state index is 12.3. The van der Waals surface area contributed by atoms with Gasteiger partial charge < -0.3 is 9.64 Å². The summed E-state index contributed by atoms with van der Waals surface area (Å²) < 4.78 is 5.53. The lowest BCUT2D eigenvalue weighted by Crippen LogP contribution is -2.48. The number of piperidine rings is 1. The summed E-state index contributed by atoms with van der Waals surface area (Å²) in [6.07, 6.45) is 7.48. The zero-order chi connectivity index (χ0) is 23.2. The van der Waals surface area contributed by atoms with Crippen molar-refractivity contribution in [2.24, 2.45) is 17.3 Å². The van der Waals surface area contributed by atoms with Crippen molar-refractivity contribution < 1.29 is 19.1 Å². The van der Waals surface area contributed by atoms with Crippen LogP contribution in [0.2, 0.25) is 5.02 Å². The third-order valence-corrected chi connectivity index (χ3v) is 8.37. The molecule has 0 radical (unpaired) electrons. The van der Waals surface area contributed by atoms with Gasteiger partial charge in [0.15, 0.2) is 0 Å². The Balaban J connectivity index is 1.14. The number of hydrogen-bond donors (Lipinski definition) is 1. The number of hydrogen-bond acceptors (Lipinski definition) is 6. The Morgan fingerprint density at radius 2 is 2.00 bits per heavy atom. The fraction of sp³-hybridized carbons (Fsp3) is 0.600. The number of imide groups is 1. The quantitative estimate of drug-likeness (QED) is 0.504. The molecular formula is C25H28ClN3O4. The fourth-order valence-electron chi connectivity index (χ4n) is 5.98. The Bertz CT molecular complexity index is 1030. The molecule has 1 N–H and O–H groups in total. The summed E-state index contributed by atoms with van der Waals surface area (Å²) in [7, 11) is 0. The summed E-state index contributed by atoms with van der Waals surface area (Å²) in [4.78, 5) is 37.9. The molecule has 8 heteroatoms. The molecule has 2 saturated heterocycles. The first-order valence-electron chi connectivity index (χ1n) is 11.8. The Kier molecular flexibility index (Phi) is 5.82. The van der Waals surface area contributed by atoms with Gasteiger partial charge in [-0.1, -0.05) is 24.1 Å². The average Bonchev–Trinajstić information content (AvgIpc) is 2.68. The molecule has 4 aliphatic rings. The van der Waals surface area contributed by atoms with E-state index in [0.29, 0.717) is 60.7 Å². The minimum Gasteiger partial charge on any atom is -0.465 e. The number of carbonyl (C=O) groups excluding carboxylic acids is 3. The van der Waals surface area contributed by atoms with Crippen molar-refractivity contribution in [3.8, 4) is 6.07 Å². The summed E-state index contributed by atoms with van der Waals surface area (Å²) in [5.41, 5.74) is 2.21. The Morgan fingerprint density at radius 3 is 2.64 bits per heavy atom. The van der Waals surface area contributed by atoms with Crippen molar-refractivity contribution in [3.63, 3.8) is 0 Å². The van der Waals surface area contributed by atoms with Crippen LogP contribution >= 0.6 is 11.6 Å². The highest BCUT2D eigenvalue weighted by atomic mass is 35.5. The zero-order valence-corrected chi connectivity index (χ0v) is 19.3. The molecule has 0 bridgehead atoms. The lowest BCUT2D eigenvalue weighted by molar-refractivity contribution is -0.151. The van der Waals surface area contributed by atoms with Gasteiger partial charge in [-0.3, -0.25) is 19.7 Å². The molecule has 1 atom stereocenters. The van der Waals surface area contributed by atoms with Crippen LogP contribution < -0.4 is 10.2 Å². The minimum absolute atomic E-state index is 0.138. The number of nitriles is 1. The van der Waals surface area contributed by atoms with Crippen LogP contribution in [0.4, 0.5) is 5.69 Å². The van der Waals surface area contributed by atoms with Gasteiger partial charge in [0.2, 0.25) is 11.8 Å².